The second-order valence-corrected chi connectivity index (χ2v) is 10.4. The molecule has 0 aliphatic carbocycles. The van der Waals surface area contributed by atoms with Crippen LogP contribution in [0.25, 0.3) is 0 Å². The molecule has 2 amide bonds. The number of likely N-dealkylation sites (tertiary alicyclic amines) is 1. The van der Waals surface area contributed by atoms with Gasteiger partial charge in [-0.3, -0.25) is 14.5 Å². The number of β-lactam (4-membered cyclic amide) rings is 1. The maximum atomic E-state index is 13.7. The smallest absolute Gasteiger partial charge is 0.353 e. The van der Waals surface area contributed by atoms with E-state index in [2.05, 4.69) is 5.32 Å². The van der Waals surface area contributed by atoms with Crippen molar-refractivity contribution in [2.24, 2.45) is 11.8 Å². The summed E-state index contributed by atoms with van der Waals surface area (Å²) in [4.78, 5) is 40.8. The van der Waals surface area contributed by atoms with Crippen molar-refractivity contribution < 1.29 is 33.4 Å². The van der Waals surface area contributed by atoms with Crippen molar-refractivity contribution in [3.63, 3.8) is 0 Å². The molecule has 11 heteroatoms. The predicted octanol–water partition coefficient (Wildman–Crippen LogP) is 1.54. The summed E-state index contributed by atoms with van der Waals surface area (Å²) in [5.74, 6) is -4.17. The maximum Gasteiger partial charge on any atom is 0.353 e. The minimum Gasteiger partial charge on any atom is -0.477 e. The number of nitrogens with one attached hydrogen (secondary N) is 1. The van der Waals surface area contributed by atoms with E-state index in [4.69, 9.17) is 0 Å². The lowest BCUT2D eigenvalue weighted by Crippen LogP contribution is -2.63. The Morgan fingerprint density at radius 3 is 2.47 bits per heavy atom. The molecule has 184 valence electrons. The van der Waals surface area contributed by atoms with Crippen molar-refractivity contribution in [1.82, 2.24) is 15.1 Å². The number of halogens is 2. The predicted molar refractivity (Wildman–Crippen MR) is 120 cm³/mol. The lowest BCUT2D eigenvalue weighted by Gasteiger charge is -2.46. The highest BCUT2D eigenvalue weighted by molar-refractivity contribution is 8.03. The molecule has 3 aliphatic rings. The van der Waals surface area contributed by atoms with Crippen LogP contribution in [-0.4, -0.2) is 74.8 Å². The number of aliphatic carboxylic acids is 1. The first-order chi connectivity index (χ1) is 16.0. The molecule has 4 rings (SSSR count). The van der Waals surface area contributed by atoms with Crippen molar-refractivity contribution in [3.8, 4) is 0 Å². The first-order valence-corrected chi connectivity index (χ1v) is 12.0. The third-order valence-corrected chi connectivity index (χ3v) is 8.32. The molecule has 1 aromatic rings. The molecule has 6 unspecified atom stereocenters. The zero-order chi connectivity index (χ0) is 24.9. The Labute approximate surface area is 200 Å². The van der Waals surface area contributed by atoms with Gasteiger partial charge < -0.3 is 20.4 Å². The average molecular weight is 496 g/mol. The van der Waals surface area contributed by atoms with E-state index < -0.39 is 47.6 Å². The molecule has 0 spiro atoms. The van der Waals surface area contributed by atoms with Crippen molar-refractivity contribution in [2.75, 3.05) is 13.6 Å². The number of likely N-dealkylation sites (N-methyl/N-ethyl adjacent to an activating group) is 1. The zero-order valence-corrected chi connectivity index (χ0v) is 19.8. The van der Waals surface area contributed by atoms with Crippen molar-refractivity contribution in [2.45, 2.75) is 50.3 Å². The minimum atomic E-state index is -1.21. The largest absolute Gasteiger partial charge is 0.477 e. The normalized spacial score (nSPS) is 29.8. The van der Waals surface area contributed by atoms with Crippen molar-refractivity contribution >= 4 is 29.5 Å². The van der Waals surface area contributed by atoms with Crippen LogP contribution in [0.5, 0.6) is 0 Å². The molecule has 2 fully saturated rings. The highest BCUT2D eigenvalue weighted by atomic mass is 32.2. The van der Waals surface area contributed by atoms with Gasteiger partial charge in [-0.05, 0) is 31.0 Å². The number of hydrogen-bond donors (Lipinski definition) is 3. The molecular formula is C23H27F2N3O5S. The molecule has 0 aromatic heterocycles. The molecule has 0 radical (unpaired) electrons. The number of carboxylic acids is 1. The van der Waals surface area contributed by atoms with E-state index in [0.717, 1.165) is 6.07 Å². The number of fused-ring (bicyclic) bond motifs is 1. The molecular weight excluding hydrogens is 468 g/mol. The van der Waals surface area contributed by atoms with Crippen LogP contribution in [-0.2, 0) is 20.9 Å². The topological polar surface area (TPSA) is 110 Å². The molecule has 3 N–H and O–H groups in total. The number of amides is 2. The molecule has 3 heterocycles. The summed E-state index contributed by atoms with van der Waals surface area (Å²) in [7, 11) is 1.51. The fourth-order valence-electron chi connectivity index (χ4n) is 5.36. The summed E-state index contributed by atoms with van der Waals surface area (Å²) >= 11 is 1.33. The molecule has 1 aromatic carbocycles. The molecule has 8 nitrogen and oxygen atoms in total. The van der Waals surface area contributed by atoms with Gasteiger partial charge in [-0.2, -0.15) is 0 Å². The number of aliphatic hydroxyl groups is 1. The second kappa shape index (κ2) is 9.27. The number of rotatable bonds is 7. The second-order valence-electron chi connectivity index (χ2n) is 9.08. The van der Waals surface area contributed by atoms with Crippen LogP contribution in [0, 0.1) is 23.5 Å². The van der Waals surface area contributed by atoms with Crippen LogP contribution in [0.4, 0.5) is 8.78 Å². The van der Waals surface area contributed by atoms with Crippen LogP contribution in [0.1, 0.15) is 25.8 Å². The Kier molecular flexibility index (Phi) is 6.71. The molecule has 6 atom stereocenters. The van der Waals surface area contributed by atoms with Gasteiger partial charge in [-0.25, -0.2) is 13.6 Å². The van der Waals surface area contributed by atoms with E-state index in [-0.39, 0.29) is 29.3 Å². The summed E-state index contributed by atoms with van der Waals surface area (Å²) in [6.45, 7) is 3.91. The number of aliphatic hydroxyl groups excluding tert-OH is 1. The number of carbonyl (C=O) groups excluding carboxylic acids is 2. The Hall–Kier alpha value is -2.50. The number of hydrogen-bond acceptors (Lipinski definition) is 6. The van der Waals surface area contributed by atoms with Crippen LogP contribution >= 0.6 is 11.8 Å². The van der Waals surface area contributed by atoms with Gasteiger partial charge in [-0.15, -0.1) is 11.8 Å². The lowest BCUT2D eigenvalue weighted by atomic mass is 9.79. The van der Waals surface area contributed by atoms with E-state index in [1.807, 2.05) is 11.8 Å². The Balaban J connectivity index is 1.57. The van der Waals surface area contributed by atoms with Gasteiger partial charge in [0.15, 0.2) is 0 Å². The van der Waals surface area contributed by atoms with Gasteiger partial charge in [0.25, 0.3) is 0 Å². The van der Waals surface area contributed by atoms with E-state index in [1.54, 1.807) is 0 Å². The van der Waals surface area contributed by atoms with E-state index in [0.29, 0.717) is 23.4 Å². The highest BCUT2D eigenvalue weighted by Crippen LogP contribution is 2.52. The lowest BCUT2D eigenvalue weighted by molar-refractivity contribution is -0.163. The first-order valence-electron chi connectivity index (χ1n) is 11.1. The zero-order valence-electron chi connectivity index (χ0n) is 19.0. The van der Waals surface area contributed by atoms with Crippen LogP contribution in [0.2, 0.25) is 0 Å². The van der Waals surface area contributed by atoms with E-state index >= 15 is 0 Å². The Morgan fingerprint density at radius 1 is 1.26 bits per heavy atom. The third-order valence-electron chi connectivity index (χ3n) is 6.83. The molecule has 2 saturated heterocycles. The van der Waals surface area contributed by atoms with Gasteiger partial charge in [0, 0.05) is 42.3 Å². The van der Waals surface area contributed by atoms with Gasteiger partial charge in [0.2, 0.25) is 11.8 Å². The summed E-state index contributed by atoms with van der Waals surface area (Å²) in [6, 6.07) is 2.27. The Morgan fingerprint density at radius 2 is 1.91 bits per heavy atom. The van der Waals surface area contributed by atoms with Crippen LogP contribution in [0.15, 0.2) is 28.8 Å². The molecule has 0 bridgehead atoms. The molecule has 0 saturated carbocycles. The van der Waals surface area contributed by atoms with Gasteiger partial charge >= 0.3 is 5.97 Å². The summed E-state index contributed by atoms with van der Waals surface area (Å²) < 4.78 is 27.4. The minimum absolute atomic E-state index is 0.0634. The fraction of sp³-hybridized carbons (Fsp3) is 0.522. The monoisotopic (exact) mass is 495 g/mol. The quantitative estimate of drug-likeness (QED) is 0.492. The van der Waals surface area contributed by atoms with Gasteiger partial charge in [0.1, 0.15) is 17.3 Å². The van der Waals surface area contributed by atoms with Crippen LogP contribution in [0.3, 0.4) is 0 Å². The third kappa shape index (κ3) is 4.20. The van der Waals surface area contributed by atoms with Crippen molar-refractivity contribution in [3.05, 3.63) is 46.0 Å². The highest BCUT2D eigenvalue weighted by Gasteiger charge is 2.60. The standard InChI is InChI=1S/C23H27F2N3O5S/c1-10-18-17(11(2)29)22(31)28(18)19(23(32)33)20(10)34-15-7-16(21(30)26-3)27(9-15)8-12-4-13(24)6-14(25)5-12/h4-6,10-11,15-18,29H,7-9H2,1-3H3,(H,26,30)(H,32,33). The van der Waals surface area contributed by atoms with Gasteiger partial charge in [0.05, 0.1) is 24.1 Å². The number of nitrogens with zero attached hydrogens (tertiary/aromatic N) is 2. The summed E-state index contributed by atoms with van der Waals surface area (Å²) in [5.41, 5.74) is 0.331. The van der Waals surface area contributed by atoms with E-state index in [1.165, 1.54) is 42.8 Å². The number of carbonyl (C=O) groups is 3. The molecule has 34 heavy (non-hydrogen) atoms. The average Bonchev–Trinajstić information content (AvgIpc) is 3.23. The summed E-state index contributed by atoms with van der Waals surface area (Å²) in [6.07, 6.45) is -0.481. The van der Waals surface area contributed by atoms with Crippen molar-refractivity contribution in [1.29, 1.82) is 0 Å². The van der Waals surface area contributed by atoms with Gasteiger partial charge in [-0.1, -0.05) is 6.92 Å². The number of thioether (sulfide) groups is 1. The number of carboxylic acid groups (broad SMARTS) is 1. The van der Waals surface area contributed by atoms with E-state index in [9.17, 15) is 33.4 Å². The Bertz CT molecular complexity index is 1040. The first kappa shape index (κ1) is 24.6. The fourth-order valence-corrected chi connectivity index (χ4v) is 6.91. The van der Waals surface area contributed by atoms with Crippen LogP contribution < -0.4 is 5.32 Å². The number of benzene rings is 1. The summed E-state index contributed by atoms with van der Waals surface area (Å²) in [5, 5.41) is 22.3. The SMILES string of the molecule is CNC(=O)C1CC(SC2=C(C(=O)O)N3C(=O)C(C(C)O)C3C2C)CN1Cc1cc(F)cc(F)c1. The molecule has 3 aliphatic heterocycles. The maximum absolute atomic E-state index is 13.7.